The molecule has 20 heavy (non-hydrogen) atoms. The van der Waals surface area contributed by atoms with Crippen molar-refractivity contribution in [2.45, 2.75) is 40.2 Å². The lowest BCUT2D eigenvalue weighted by Gasteiger charge is -2.13. The van der Waals surface area contributed by atoms with Crippen LogP contribution in [0, 0.1) is 18.7 Å². The molecule has 0 saturated heterocycles. The van der Waals surface area contributed by atoms with Crippen molar-refractivity contribution in [2.75, 3.05) is 5.73 Å². The molecule has 1 aromatic heterocycles. The summed E-state index contributed by atoms with van der Waals surface area (Å²) in [6.45, 7) is 6.62. The molecule has 0 bridgehead atoms. The molecule has 0 spiro atoms. The third kappa shape index (κ3) is 2.79. The molecule has 0 radical (unpaired) electrons. The Morgan fingerprint density at radius 1 is 1.30 bits per heavy atom. The molecule has 0 unspecified atom stereocenters. The molecule has 2 rings (SSSR count). The summed E-state index contributed by atoms with van der Waals surface area (Å²) in [7, 11) is 0. The molecule has 2 N–H and O–H groups in total. The van der Waals surface area contributed by atoms with Crippen molar-refractivity contribution >= 4 is 5.69 Å². The van der Waals surface area contributed by atoms with Crippen LogP contribution < -0.4 is 5.73 Å². The van der Waals surface area contributed by atoms with E-state index in [2.05, 4.69) is 29.4 Å². The Labute approximate surface area is 118 Å². The Morgan fingerprint density at radius 3 is 2.65 bits per heavy atom. The third-order valence-electron chi connectivity index (χ3n) is 3.64. The predicted octanol–water partition coefficient (Wildman–Crippen LogP) is 2.81. The third-order valence-corrected chi connectivity index (χ3v) is 3.64. The molecule has 0 atom stereocenters. The smallest absolute Gasteiger partial charge is 0.185 e. The van der Waals surface area contributed by atoms with Gasteiger partial charge in [-0.1, -0.05) is 26.7 Å². The van der Waals surface area contributed by atoms with Gasteiger partial charge in [-0.05, 0) is 41.0 Å². The van der Waals surface area contributed by atoms with Crippen LogP contribution in [0.4, 0.5) is 10.1 Å². The van der Waals surface area contributed by atoms with Crippen LogP contribution in [0.2, 0.25) is 0 Å². The van der Waals surface area contributed by atoms with Crippen LogP contribution >= 0.6 is 0 Å². The van der Waals surface area contributed by atoms with Crippen molar-refractivity contribution < 1.29 is 4.39 Å². The molecule has 0 amide bonds. The first-order valence-electron chi connectivity index (χ1n) is 6.88. The van der Waals surface area contributed by atoms with E-state index in [0.29, 0.717) is 35.1 Å². The van der Waals surface area contributed by atoms with Gasteiger partial charge in [-0.25, -0.2) is 9.07 Å². The Hall–Kier alpha value is -1.98. The monoisotopic (exact) mass is 277 g/mol. The lowest BCUT2D eigenvalue weighted by atomic mass is 10.0. The van der Waals surface area contributed by atoms with E-state index in [1.165, 1.54) is 0 Å². The average molecular weight is 277 g/mol. The predicted molar refractivity (Wildman–Crippen MR) is 76.4 cm³/mol. The fourth-order valence-electron chi connectivity index (χ4n) is 2.27. The van der Waals surface area contributed by atoms with Crippen LogP contribution in [-0.2, 0) is 6.54 Å². The highest BCUT2D eigenvalue weighted by molar-refractivity contribution is 5.63. The Morgan fingerprint density at radius 2 is 2.00 bits per heavy atom. The fourth-order valence-corrected chi connectivity index (χ4v) is 2.27. The normalized spacial score (nSPS) is 11.2. The summed E-state index contributed by atoms with van der Waals surface area (Å²) in [4.78, 5) is 0. The first-order valence-corrected chi connectivity index (χ1v) is 6.88. The van der Waals surface area contributed by atoms with Crippen molar-refractivity contribution in [1.29, 1.82) is 0 Å². The number of nitrogen functional groups attached to an aromatic ring is 1. The number of tetrazole rings is 1. The molecule has 0 fully saturated rings. The van der Waals surface area contributed by atoms with Gasteiger partial charge in [-0.15, -0.1) is 5.10 Å². The van der Waals surface area contributed by atoms with Crippen molar-refractivity contribution in [3.05, 3.63) is 23.5 Å². The van der Waals surface area contributed by atoms with Gasteiger partial charge >= 0.3 is 0 Å². The summed E-state index contributed by atoms with van der Waals surface area (Å²) in [5.41, 5.74) is 7.16. The molecule has 108 valence electrons. The van der Waals surface area contributed by atoms with E-state index < -0.39 is 0 Å². The van der Waals surface area contributed by atoms with Gasteiger partial charge in [0.05, 0.1) is 5.56 Å². The number of benzene rings is 1. The molecule has 1 heterocycles. The maximum Gasteiger partial charge on any atom is 0.185 e. The lowest BCUT2D eigenvalue weighted by molar-refractivity contribution is 0.392. The molecule has 6 heteroatoms. The van der Waals surface area contributed by atoms with Crippen LogP contribution in [0.3, 0.4) is 0 Å². The maximum atomic E-state index is 14.3. The zero-order valence-corrected chi connectivity index (χ0v) is 12.1. The zero-order chi connectivity index (χ0) is 14.7. The van der Waals surface area contributed by atoms with Gasteiger partial charge in [0.25, 0.3) is 0 Å². The standard InChI is InChI=1S/C14H20FN5/c1-4-10(5-2)8-20-14(17-18-19-20)12-7-11(16)6-9(3)13(12)15/h6-7,10H,4-5,8,16H2,1-3H3. The first kappa shape index (κ1) is 14.4. The van der Waals surface area contributed by atoms with Gasteiger partial charge in [-0.3, -0.25) is 0 Å². The fraction of sp³-hybridized carbons (Fsp3) is 0.500. The molecule has 5 nitrogen and oxygen atoms in total. The Bertz CT molecular complexity index is 589. The number of nitrogens with two attached hydrogens (primary N) is 1. The van der Waals surface area contributed by atoms with Crippen LogP contribution in [0.15, 0.2) is 12.1 Å². The molecule has 0 saturated carbocycles. The van der Waals surface area contributed by atoms with Crippen LogP contribution in [0.25, 0.3) is 11.4 Å². The molecule has 0 aliphatic carbocycles. The van der Waals surface area contributed by atoms with Crippen LogP contribution in [0.5, 0.6) is 0 Å². The second-order valence-corrected chi connectivity index (χ2v) is 5.07. The summed E-state index contributed by atoms with van der Waals surface area (Å²) in [5.74, 6) is 0.590. The summed E-state index contributed by atoms with van der Waals surface area (Å²) in [5, 5.41) is 11.6. The highest BCUT2D eigenvalue weighted by Gasteiger charge is 2.17. The number of rotatable bonds is 5. The molecule has 1 aromatic carbocycles. The minimum atomic E-state index is -0.320. The Kier molecular flexibility index (Phi) is 4.32. The maximum absolute atomic E-state index is 14.3. The molecule has 2 aromatic rings. The largest absolute Gasteiger partial charge is 0.399 e. The zero-order valence-electron chi connectivity index (χ0n) is 12.1. The summed E-state index contributed by atoms with van der Waals surface area (Å²) < 4.78 is 15.9. The number of aromatic nitrogens is 4. The summed E-state index contributed by atoms with van der Waals surface area (Å²) >= 11 is 0. The van der Waals surface area contributed by atoms with Gasteiger partial charge in [0.1, 0.15) is 5.82 Å². The SMILES string of the molecule is CCC(CC)Cn1nnnc1-c1cc(N)cc(C)c1F. The topological polar surface area (TPSA) is 69.6 Å². The van der Waals surface area contributed by atoms with Crippen LogP contribution in [-0.4, -0.2) is 20.2 Å². The molecule has 0 aliphatic rings. The van der Waals surface area contributed by atoms with Gasteiger partial charge < -0.3 is 5.73 Å². The highest BCUT2D eigenvalue weighted by atomic mass is 19.1. The number of aryl methyl sites for hydroxylation is 1. The van der Waals surface area contributed by atoms with E-state index in [0.717, 1.165) is 12.8 Å². The van der Waals surface area contributed by atoms with Gasteiger partial charge in [-0.2, -0.15) is 0 Å². The minimum Gasteiger partial charge on any atom is -0.399 e. The van der Waals surface area contributed by atoms with Crippen molar-refractivity contribution in [1.82, 2.24) is 20.2 Å². The molecular formula is C14H20FN5. The van der Waals surface area contributed by atoms with Crippen molar-refractivity contribution in [3.63, 3.8) is 0 Å². The second-order valence-electron chi connectivity index (χ2n) is 5.07. The van der Waals surface area contributed by atoms with E-state index in [1.807, 2.05) is 0 Å². The van der Waals surface area contributed by atoms with Gasteiger partial charge in [0.15, 0.2) is 5.82 Å². The molecule has 0 aliphatic heterocycles. The number of hydrogen-bond acceptors (Lipinski definition) is 4. The summed E-state index contributed by atoms with van der Waals surface area (Å²) in [6, 6.07) is 3.19. The van der Waals surface area contributed by atoms with Gasteiger partial charge in [0.2, 0.25) is 0 Å². The number of hydrogen-bond donors (Lipinski definition) is 1. The highest BCUT2D eigenvalue weighted by Crippen LogP contribution is 2.26. The number of anilines is 1. The second kappa shape index (κ2) is 5.98. The summed E-state index contributed by atoms with van der Waals surface area (Å²) in [6.07, 6.45) is 2.07. The van der Waals surface area contributed by atoms with E-state index >= 15 is 0 Å². The average Bonchev–Trinajstić information content (AvgIpc) is 2.88. The van der Waals surface area contributed by atoms with Crippen LogP contribution in [0.1, 0.15) is 32.3 Å². The van der Waals surface area contributed by atoms with E-state index in [4.69, 9.17) is 5.73 Å². The van der Waals surface area contributed by atoms with E-state index in [9.17, 15) is 4.39 Å². The van der Waals surface area contributed by atoms with Crippen molar-refractivity contribution in [2.24, 2.45) is 5.92 Å². The lowest BCUT2D eigenvalue weighted by Crippen LogP contribution is -2.12. The van der Waals surface area contributed by atoms with Gasteiger partial charge in [0, 0.05) is 12.2 Å². The minimum absolute atomic E-state index is 0.320. The van der Waals surface area contributed by atoms with E-state index in [1.54, 1.807) is 23.7 Å². The van der Waals surface area contributed by atoms with Crippen molar-refractivity contribution in [3.8, 4) is 11.4 Å². The quantitative estimate of drug-likeness (QED) is 0.853. The first-order chi connectivity index (χ1) is 9.56. The number of halogens is 1. The number of nitrogens with zero attached hydrogens (tertiary/aromatic N) is 4. The van der Waals surface area contributed by atoms with E-state index in [-0.39, 0.29) is 5.82 Å². The molecular weight excluding hydrogens is 257 g/mol. The Balaban J connectivity index is 2.42.